The normalized spacial score (nSPS) is 26.5. The average Bonchev–Trinajstić information content (AvgIpc) is 2.51. The first kappa shape index (κ1) is 10.0. The average molecular weight is 172 g/mol. The van der Waals surface area contributed by atoms with Gasteiger partial charge in [0.05, 0.1) is 0 Å². The van der Waals surface area contributed by atoms with Gasteiger partial charge in [-0.25, -0.2) is 0 Å². The van der Waals surface area contributed by atoms with Crippen LogP contribution in [0.15, 0.2) is 0 Å². The zero-order chi connectivity index (χ0) is 8.97. The third-order valence-corrected chi connectivity index (χ3v) is 2.84. The second-order valence-corrected chi connectivity index (χ2v) is 4.15. The zero-order valence-electron chi connectivity index (χ0n) is 8.12. The van der Waals surface area contributed by atoms with E-state index in [0.29, 0.717) is 24.4 Å². The maximum atomic E-state index is 9.12. The molecule has 0 aromatic heterocycles. The quantitative estimate of drug-likeness (QED) is 0.699. The smallest absolute Gasteiger partial charge is 0.0495 e. The van der Waals surface area contributed by atoms with Crippen molar-refractivity contribution in [2.45, 2.75) is 26.7 Å². The van der Waals surface area contributed by atoms with Crippen LogP contribution in [0.3, 0.4) is 0 Å². The first-order valence-corrected chi connectivity index (χ1v) is 4.92. The summed E-state index contributed by atoms with van der Waals surface area (Å²) in [5.74, 6) is 1.76. The van der Waals surface area contributed by atoms with Crippen LogP contribution >= 0.6 is 0 Å². The summed E-state index contributed by atoms with van der Waals surface area (Å²) < 4.78 is 5.30. The lowest BCUT2D eigenvalue weighted by Crippen LogP contribution is -2.18. The van der Waals surface area contributed by atoms with Crippen molar-refractivity contribution < 1.29 is 9.84 Å². The van der Waals surface area contributed by atoms with Crippen molar-refractivity contribution in [1.82, 2.24) is 0 Å². The van der Waals surface area contributed by atoms with E-state index in [4.69, 9.17) is 9.84 Å². The molecule has 72 valence electrons. The third kappa shape index (κ3) is 2.76. The van der Waals surface area contributed by atoms with Gasteiger partial charge in [-0.05, 0) is 30.6 Å². The van der Waals surface area contributed by atoms with Crippen molar-refractivity contribution >= 4 is 0 Å². The Balaban J connectivity index is 2.26. The molecule has 0 aliphatic carbocycles. The van der Waals surface area contributed by atoms with E-state index in [1.165, 1.54) is 6.42 Å². The molecule has 2 heteroatoms. The van der Waals surface area contributed by atoms with E-state index in [-0.39, 0.29) is 0 Å². The summed E-state index contributed by atoms with van der Waals surface area (Å²) in [5.41, 5.74) is 0. The minimum absolute atomic E-state index is 0.328. The monoisotopic (exact) mass is 172 g/mol. The van der Waals surface area contributed by atoms with Crippen LogP contribution in [0.25, 0.3) is 0 Å². The number of rotatable bonds is 4. The van der Waals surface area contributed by atoms with Crippen molar-refractivity contribution in [3.05, 3.63) is 0 Å². The molecule has 1 heterocycles. The highest BCUT2D eigenvalue weighted by atomic mass is 16.5. The molecule has 1 saturated heterocycles. The molecule has 0 saturated carbocycles. The summed E-state index contributed by atoms with van der Waals surface area (Å²) in [6, 6.07) is 0. The SMILES string of the molecule is CC(C)C(CO)CC1CCOC1. The fourth-order valence-electron chi connectivity index (χ4n) is 1.75. The van der Waals surface area contributed by atoms with Gasteiger partial charge >= 0.3 is 0 Å². The van der Waals surface area contributed by atoms with Crippen molar-refractivity contribution in [3.63, 3.8) is 0 Å². The van der Waals surface area contributed by atoms with E-state index in [1.54, 1.807) is 0 Å². The van der Waals surface area contributed by atoms with E-state index in [9.17, 15) is 0 Å². The Kier molecular flexibility index (Phi) is 4.02. The molecule has 12 heavy (non-hydrogen) atoms. The van der Waals surface area contributed by atoms with E-state index in [1.807, 2.05) is 0 Å². The van der Waals surface area contributed by atoms with Crippen LogP contribution in [0.4, 0.5) is 0 Å². The highest BCUT2D eigenvalue weighted by Gasteiger charge is 2.21. The minimum atomic E-state index is 0.328. The van der Waals surface area contributed by atoms with Gasteiger partial charge in [-0.1, -0.05) is 13.8 Å². The van der Waals surface area contributed by atoms with Crippen LogP contribution in [0.5, 0.6) is 0 Å². The molecule has 1 rings (SSSR count). The molecule has 1 aliphatic rings. The molecule has 2 unspecified atom stereocenters. The Labute approximate surface area is 74.9 Å². The van der Waals surface area contributed by atoms with E-state index in [2.05, 4.69) is 13.8 Å². The number of hydrogen-bond donors (Lipinski definition) is 1. The lowest BCUT2D eigenvalue weighted by molar-refractivity contribution is 0.145. The molecule has 1 fully saturated rings. The van der Waals surface area contributed by atoms with Crippen LogP contribution in [0, 0.1) is 17.8 Å². The second-order valence-electron chi connectivity index (χ2n) is 4.15. The Morgan fingerprint density at radius 1 is 1.50 bits per heavy atom. The van der Waals surface area contributed by atoms with Gasteiger partial charge in [0, 0.05) is 19.8 Å². The van der Waals surface area contributed by atoms with Gasteiger partial charge in [-0.3, -0.25) is 0 Å². The summed E-state index contributed by atoms with van der Waals surface area (Å²) in [6.07, 6.45) is 2.32. The van der Waals surface area contributed by atoms with Gasteiger partial charge in [0.2, 0.25) is 0 Å². The van der Waals surface area contributed by atoms with Crippen LogP contribution in [0.2, 0.25) is 0 Å². The van der Waals surface area contributed by atoms with Crippen LogP contribution in [-0.4, -0.2) is 24.9 Å². The highest BCUT2D eigenvalue weighted by Crippen LogP contribution is 2.25. The standard InChI is InChI=1S/C10H20O2/c1-8(2)10(6-11)5-9-3-4-12-7-9/h8-11H,3-7H2,1-2H3. The lowest BCUT2D eigenvalue weighted by Gasteiger charge is -2.20. The van der Waals surface area contributed by atoms with Gasteiger partial charge in [0.15, 0.2) is 0 Å². The molecular weight excluding hydrogens is 152 g/mol. The van der Waals surface area contributed by atoms with Gasteiger partial charge in [0.25, 0.3) is 0 Å². The maximum absolute atomic E-state index is 9.12. The number of aliphatic hydroxyl groups excluding tert-OH is 1. The predicted molar refractivity (Wildman–Crippen MR) is 49.0 cm³/mol. The van der Waals surface area contributed by atoms with Crippen LogP contribution in [-0.2, 0) is 4.74 Å². The number of ether oxygens (including phenoxy) is 1. The molecule has 2 nitrogen and oxygen atoms in total. The summed E-state index contributed by atoms with van der Waals surface area (Å²) >= 11 is 0. The van der Waals surface area contributed by atoms with Crippen molar-refractivity contribution in [2.24, 2.45) is 17.8 Å². The fraction of sp³-hybridized carbons (Fsp3) is 1.00. The molecule has 0 amide bonds. The van der Waals surface area contributed by atoms with Gasteiger partial charge in [-0.2, -0.15) is 0 Å². The fourth-order valence-corrected chi connectivity index (χ4v) is 1.75. The molecular formula is C10H20O2. The van der Waals surface area contributed by atoms with E-state index < -0.39 is 0 Å². The van der Waals surface area contributed by atoms with E-state index >= 15 is 0 Å². The first-order valence-electron chi connectivity index (χ1n) is 4.92. The molecule has 0 bridgehead atoms. The second kappa shape index (κ2) is 4.83. The van der Waals surface area contributed by atoms with Crippen molar-refractivity contribution in [3.8, 4) is 0 Å². The van der Waals surface area contributed by atoms with Crippen LogP contribution in [0.1, 0.15) is 26.7 Å². The van der Waals surface area contributed by atoms with Gasteiger partial charge in [0.1, 0.15) is 0 Å². The van der Waals surface area contributed by atoms with Crippen molar-refractivity contribution in [1.29, 1.82) is 0 Å². The molecule has 0 aromatic rings. The van der Waals surface area contributed by atoms with Crippen molar-refractivity contribution in [2.75, 3.05) is 19.8 Å². The predicted octanol–water partition coefficient (Wildman–Crippen LogP) is 1.68. The Morgan fingerprint density at radius 2 is 2.25 bits per heavy atom. The minimum Gasteiger partial charge on any atom is -0.396 e. The summed E-state index contributed by atoms with van der Waals surface area (Å²) in [6.45, 7) is 6.51. The Bertz CT molecular complexity index is 117. The maximum Gasteiger partial charge on any atom is 0.0495 e. The van der Waals surface area contributed by atoms with Gasteiger partial charge < -0.3 is 9.84 Å². The molecule has 0 spiro atoms. The largest absolute Gasteiger partial charge is 0.396 e. The zero-order valence-corrected chi connectivity index (χ0v) is 8.12. The topological polar surface area (TPSA) is 29.5 Å². The Morgan fingerprint density at radius 3 is 2.67 bits per heavy atom. The van der Waals surface area contributed by atoms with Crippen LogP contribution < -0.4 is 0 Å². The molecule has 0 radical (unpaired) electrons. The molecule has 1 N–H and O–H groups in total. The summed E-state index contributed by atoms with van der Waals surface area (Å²) in [4.78, 5) is 0. The number of aliphatic hydroxyl groups is 1. The summed E-state index contributed by atoms with van der Waals surface area (Å²) in [5, 5.41) is 9.12. The first-order chi connectivity index (χ1) is 5.74. The Hall–Kier alpha value is -0.0800. The highest BCUT2D eigenvalue weighted by molar-refractivity contribution is 4.71. The third-order valence-electron chi connectivity index (χ3n) is 2.84. The lowest BCUT2D eigenvalue weighted by atomic mass is 9.87. The van der Waals surface area contributed by atoms with E-state index in [0.717, 1.165) is 19.6 Å². The molecule has 0 aromatic carbocycles. The molecule has 1 aliphatic heterocycles. The van der Waals surface area contributed by atoms with Gasteiger partial charge in [-0.15, -0.1) is 0 Å². The molecule has 2 atom stereocenters. The number of hydrogen-bond acceptors (Lipinski definition) is 2. The summed E-state index contributed by atoms with van der Waals surface area (Å²) in [7, 11) is 0.